The van der Waals surface area contributed by atoms with E-state index in [2.05, 4.69) is 4.98 Å². The van der Waals surface area contributed by atoms with Gasteiger partial charge in [-0.15, -0.1) is 0 Å². The lowest BCUT2D eigenvalue weighted by Gasteiger charge is -2.23. The van der Waals surface area contributed by atoms with Crippen LogP contribution < -0.4 is 0 Å². The number of aryl methyl sites for hydroxylation is 1. The van der Waals surface area contributed by atoms with Crippen molar-refractivity contribution in [2.45, 2.75) is 64.4 Å². The fourth-order valence-corrected chi connectivity index (χ4v) is 3.65. The zero-order valence-corrected chi connectivity index (χ0v) is 16.0. The summed E-state index contributed by atoms with van der Waals surface area (Å²) in [6, 6.07) is 1.81. The van der Waals surface area contributed by atoms with Crippen LogP contribution in [0.15, 0.2) is 6.07 Å². The lowest BCUT2D eigenvalue weighted by atomic mass is 9.97. The zero-order valence-electron chi connectivity index (χ0n) is 16.0. The molecule has 28 heavy (non-hydrogen) atoms. The minimum atomic E-state index is -0.957. The van der Waals surface area contributed by atoms with Gasteiger partial charge >= 0.3 is 17.9 Å². The molecule has 0 spiro atoms. The summed E-state index contributed by atoms with van der Waals surface area (Å²) in [5.41, 5.74) is 1.96. The number of ketones is 1. The third-order valence-corrected chi connectivity index (χ3v) is 4.72. The monoisotopic (exact) mass is 393 g/mol. The Bertz CT molecular complexity index is 798. The first-order valence-electron chi connectivity index (χ1n) is 9.14. The fourth-order valence-electron chi connectivity index (χ4n) is 3.65. The van der Waals surface area contributed by atoms with Crippen LogP contribution in [-0.4, -0.2) is 53.6 Å². The van der Waals surface area contributed by atoms with Crippen molar-refractivity contribution in [2.75, 3.05) is 6.61 Å². The van der Waals surface area contributed by atoms with Gasteiger partial charge in [-0.2, -0.15) is 0 Å². The smallest absolute Gasteiger partial charge is 0.303 e. The number of fused-ring (bicyclic) bond motifs is 1. The average Bonchev–Trinajstić information content (AvgIpc) is 3.16. The van der Waals surface area contributed by atoms with Gasteiger partial charge in [-0.25, -0.2) is 0 Å². The molecular weight excluding hydrogens is 370 g/mol. The molecule has 0 bridgehead atoms. The maximum atomic E-state index is 12.1. The fraction of sp³-hybridized carbons (Fsp3) is 0.579. The van der Waals surface area contributed by atoms with Crippen molar-refractivity contribution in [1.29, 1.82) is 0 Å². The van der Waals surface area contributed by atoms with Crippen molar-refractivity contribution >= 4 is 23.7 Å². The van der Waals surface area contributed by atoms with Crippen molar-refractivity contribution < 1.29 is 38.1 Å². The first kappa shape index (κ1) is 20.1. The largest absolute Gasteiger partial charge is 0.463 e. The van der Waals surface area contributed by atoms with Crippen molar-refractivity contribution in [3.63, 3.8) is 0 Å². The molecule has 9 nitrogen and oxygen atoms in total. The highest BCUT2D eigenvalue weighted by Gasteiger charge is 2.51. The number of hydrogen-bond acceptors (Lipinski definition) is 8. The predicted molar refractivity (Wildman–Crippen MR) is 93.4 cm³/mol. The quantitative estimate of drug-likeness (QED) is 0.589. The zero-order chi connectivity index (χ0) is 20.4. The molecule has 1 saturated heterocycles. The van der Waals surface area contributed by atoms with Gasteiger partial charge in [0.2, 0.25) is 0 Å². The van der Waals surface area contributed by atoms with Gasteiger partial charge in [0.15, 0.2) is 18.0 Å². The highest BCUT2D eigenvalue weighted by atomic mass is 16.6. The molecule has 4 unspecified atom stereocenters. The predicted octanol–water partition coefficient (Wildman–Crippen LogP) is 1.40. The van der Waals surface area contributed by atoms with Gasteiger partial charge in [0.25, 0.3) is 0 Å². The second-order valence-electron chi connectivity index (χ2n) is 6.95. The number of carbonyl (C=O) groups excluding carboxylic acids is 4. The van der Waals surface area contributed by atoms with E-state index in [4.69, 9.17) is 18.9 Å². The summed E-state index contributed by atoms with van der Waals surface area (Å²) in [5.74, 6) is -1.66. The Morgan fingerprint density at radius 3 is 2.36 bits per heavy atom. The normalized spacial score (nSPS) is 26.5. The molecule has 152 valence electrons. The molecule has 0 saturated carbocycles. The van der Waals surface area contributed by atoms with Crippen LogP contribution in [0.4, 0.5) is 0 Å². The summed E-state index contributed by atoms with van der Waals surface area (Å²) < 4.78 is 21.7. The van der Waals surface area contributed by atoms with Gasteiger partial charge in [-0.3, -0.25) is 19.2 Å². The molecule has 1 fully saturated rings. The van der Waals surface area contributed by atoms with Crippen LogP contribution in [0.1, 0.15) is 61.5 Å². The summed E-state index contributed by atoms with van der Waals surface area (Å²) in [7, 11) is 0. The SMILES string of the molecule is CC(=O)OCC1OC(c2cc3c([nH]2)C(=O)CCC3)C(OC(C)=O)C1OC(C)=O. The van der Waals surface area contributed by atoms with E-state index in [-0.39, 0.29) is 12.4 Å². The lowest BCUT2D eigenvalue weighted by Crippen LogP contribution is -2.40. The maximum Gasteiger partial charge on any atom is 0.303 e. The molecule has 1 aliphatic carbocycles. The number of aromatic amines is 1. The van der Waals surface area contributed by atoms with Crippen LogP contribution in [0.3, 0.4) is 0 Å². The van der Waals surface area contributed by atoms with Gasteiger partial charge in [0.05, 0.1) is 5.69 Å². The van der Waals surface area contributed by atoms with Crippen LogP contribution in [0.5, 0.6) is 0 Å². The minimum Gasteiger partial charge on any atom is -0.463 e. The number of carbonyl (C=O) groups is 4. The second kappa shape index (κ2) is 8.14. The van der Waals surface area contributed by atoms with E-state index in [9.17, 15) is 19.2 Å². The van der Waals surface area contributed by atoms with E-state index < -0.39 is 42.3 Å². The maximum absolute atomic E-state index is 12.1. The first-order chi connectivity index (χ1) is 13.3. The molecule has 0 radical (unpaired) electrons. The number of hydrogen-bond donors (Lipinski definition) is 1. The minimum absolute atomic E-state index is 0.0162. The number of nitrogens with one attached hydrogen (secondary N) is 1. The van der Waals surface area contributed by atoms with Crippen molar-refractivity contribution in [3.05, 3.63) is 23.0 Å². The van der Waals surface area contributed by atoms with E-state index in [1.165, 1.54) is 20.8 Å². The Kier molecular flexibility index (Phi) is 5.83. The van der Waals surface area contributed by atoms with E-state index in [0.29, 0.717) is 17.8 Å². The molecule has 1 aromatic heterocycles. The number of H-pyrrole nitrogens is 1. The Morgan fingerprint density at radius 1 is 1.07 bits per heavy atom. The molecule has 1 N–H and O–H groups in total. The summed E-state index contributed by atoms with van der Waals surface area (Å²) in [6.45, 7) is 3.56. The topological polar surface area (TPSA) is 121 Å². The highest BCUT2D eigenvalue weighted by molar-refractivity contribution is 5.96. The van der Waals surface area contributed by atoms with E-state index in [0.717, 1.165) is 18.4 Å². The van der Waals surface area contributed by atoms with Gasteiger partial charge in [-0.1, -0.05) is 0 Å². The standard InChI is InChI=1S/C19H23NO8/c1-9(21)25-8-15-18(26-10(2)22)19(27-11(3)23)17(28-15)13-7-12-5-4-6-14(24)16(12)20-13/h7,15,17-20H,4-6,8H2,1-3H3. The molecular formula is C19H23NO8. The molecule has 0 amide bonds. The number of esters is 3. The average molecular weight is 393 g/mol. The molecule has 1 aliphatic heterocycles. The van der Waals surface area contributed by atoms with Crippen LogP contribution in [-0.2, 0) is 39.8 Å². The number of Topliss-reactive ketones (excluding diaryl/α,β-unsaturated/α-hetero) is 1. The first-order valence-corrected chi connectivity index (χ1v) is 9.14. The third-order valence-electron chi connectivity index (χ3n) is 4.72. The molecule has 2 aliphatic rings. The van der Waals surface area contributed by atoms with Crippen LogP contribution in [0.2, 0.25) is 0 Å². The number of ether oxygens (including phenoxy) is 4. The van der Waals surface area contributed by atoms with Gasteiger partial charge < -0.3 is 23.9 Å². The van der Waals surface area contributed by atoms with Crippen molar-refractivity contribution in [3.8, 4) is 0 Å². The lowest BCUT2D eigenvalue weighted by molar-refractivity contribution is -0.165. The molecule has 1 aromatic rings. The van der Waals surface area contributed by atoms with Crippen molar-refractivity contribution in [2.24, 2.45) is 0 Å². The molecule has 4 atom stereocenters. The van der Waals surface area contributed by atoms with Gasteiger partial charge in [-0.05, 0) is 24.5 Å². The Labute approximate surface area is 161 Å². The van der Waals surface area contributed by atoms with E-state index in [1.807, 2.05) is 6.07 Å². The molecule has 9 heteroatoms. The van der Waals surface area contributed by atoms with Crippen LogP contribution >= 0.6 is 0 Å². The van der Waals surface area contributed by atoms with Crippen molar-refractivity contribution in [1.82, 2.24) is 4.98 Å². The molecule has 0 aromatic carbocycles. The van der Waals surface area contributed by atoms with Crippen LogP contribution in [0, 0.1) is 0 Å². The molecule has 2 heterocycles. The van der Waals surface area contributed by atoms with E-state index in [1.54, 1.807) is 0 Å². The Morgan fingerprint density at radius 2 is 1.75 bits per heavy atom. The van der Waals surface area contributed by atoms with Gasteiger partial charge in [0.1, 0.15) is 18.8 Å². The summed E-state index contributed by atoms with van der Waals surface area (Å²) in [6.07, 6.45) is -1.53. The van der Waals surface area contributed by atoms with Gasteiger partial charge in [0, 0.05) is 32.9 Å². The summed E-state index contributed by atoms with van der Waals surface area (Å²) in [4.78, 5) is 49.6. The second-order valence-corrected chi connectivity index (χ2v) is 6.95. The summed E-state index contributed by atoms with van der Waals surface area (Å²) in [5, 5.41) is 0. The number of aromatic nitrogens is 1. The van der Waals surface area contributed by atoms with Crippen LogP contribution in [0.25, 0.3) is 0 Å². The molecule has 3 rings (SSSR count). The van der Waals surface area contributed by atoms with E-state index >= 15 is 0 Å². The Hall–Kier alpha value is -2.68. The number of rotatable bonds is 5. The summed E-state index contributed by atoms with van der Waals surface area (Å²) >= 11 is 0. The Balaban J connectivity index is 1.93. The highest BCUT2D eigenvalue weighted by Crippen LogP contribution is 2.39. The third kappa shape index (κ3) is 4.24.